The van der Waals surface area contributed by atoms with E-state index in [9.17, 15) is 9.59 Å². The number of carbonyl (C=O) groups excluding carboxylic acids is 2. The van der Waals surface area contributed by atoms with Gasteiger partial charge >= 0.3 is 0 Å². The van der Waals surface area contributed by atoms with E-state index in [0.29, 0.717) is 29.6 Å². The lowest BCUT2D eigenvalue weighted by atomic mass is 10.1. The molecule has 7 nitrogen and oxygen atoms in total. The third kappa shape index (κ3) is 7.05. The molecule has 1 atom stereocenters. The van der Waals surface area contributed by atoms with Crippen LogP contribution >= 0.6 is 11.8 Å². The first kappa shape index (κ1) is 24.3. The summed E-state index contributed by atoms with van der Waals surface area (Å²) in [4.78, 5) is 24.9. The Morgan fingerprint density at radius 1 is 1.15 bits per heavy atom. The second-order valence-electron chi connectivity index (χ2n) is 7.68. The quantitative estimate of drug-likeness (QED) is 0.334. The monoisotopic (exact) mass is 463 g/mol. The molecule has 0 aliphatic heterocycles. The zero-order valence-corrected chi connectivity index (χ0v) is 19.8. The summed E-state index contributed by atoms with van der Waals surface area (Å²) in [5, 5.41) is 15.0. The van der Waals surface area contributed by atoms with Crippen molar-refractivity contribution >= 4 is 23.6 Å². The molecule has 8 heteroatoms. The molecule has 0 aliphatic rings. The van der Waals surface area contributed by atoms with Crippen molar-refractivity contribution in [3.63, 3.8) is 0 Å². The highest BCUT2D eigenvalue weighted by atomic mass is 32.2. The van der Waals surface area contributed by atoms with Gasteiger partial charge in [-0.3, -0.25) is 9.59 Å². The number of hydrogen-bond donors (Lipinski definition) is 2. The van der Waals surface area contributed by atoms with Crippen LogP contribution in [0.15, 0.2) is 72.4 Å². The molecular formula is C25H29N5O2S. The summed E-state index contributed by atoms with van der Waals surface area (Å²) in [5.41, 5.74) is 2.80. The van der Waals surface area contributed by atoms with Crippen LogP contribution in [0.4, 0.5) is 0 Å². The molecule has 1 aromatic heterocycles. The Balaban J connectivity index is 1.57. The number of carbonyl (C=O) groups is 2. The van der Waals surface area contributed by atoms with Crippen molar-refractivity contribution in [1.29, 1.82) is 0 Å². The summed E-state index contributed by atoms with van der Waals surface area (Å²) in [7, 11) is 0. The summed E-state index contributed by atoms with van der Waals surface area (Å²) >= 11 is 1.31. The molecule has 0 aliphatic carbocycles. The maximum atomic E-state index is 12.6. The van der Waals surface area contributed by atoms with Crippen LogP contribution in [0.3, 0.4) is 0 Å². The van der Waals surface area contributed by atoms with E-state index in [-0.39, 0.29) is 23.6 Å². The van der Waals surface area contributed by atoms with E-state index >= 15 is 0 Å². The van der Waals surface area contributed by atoms with E-state index < -0.39 is 0 Å². The van der Waals surface area contributed by atoms with Gasteiger partial charge in [0.25, 0.3) is 5.91 Å². The summed E-state index contributed by atoms with van der Waals surface area (Å²) in [5.74, 6) is 0.606. The fourth-order valence-corrected chi connectivity index (χ4v) is 4.12. The fraction of sp³-hybridized carbons (Fsp3) is 0.280. The van der Waals surface area contributed by atoms with Gasteiger partial charge in [-0.1, -0.05) is 65.9 Å². The molecule has 2 N–H and O–H groups in total. The van der Waals surface area contributed by atoms with Gasteiger partial charge < -0.3 is 15.2 Å². The number of hydrogen-bond acceptors (Lipinski definition) is 5. The number of benzene rings is 2. The summed E-state index contributed by atoms with van der Waals surface area (Å²) < 4.78 is 1.87. The number of rotatable bonds is 11. The van der Waals surface area contributed by atoms with E-state index in [1.54, 1.807) is 12.1 Å². The van der Waals surface area contributed by atoms with Gasteiger partial charge in [-0.2, -0.15) is 0 Å². The molecular weight excluding hydrogens is 434 g/mol. The number of aromatic nitrogens is 3. The van der Waals surface area contributed by atoms with Gasteiger partial charge in [0.05, 0.1) is 11.8 Å². The average Bonchev–Trinajstić information content (AvgIpc) is 3.21. The number of allylic oxidation sites excluding steroid dienone is 1. The zero-order valence-electron chi connectivity index (χ0n) is 19.0. The van der Waals surface area contributed by atoms with Crippen molar-refractivity contribution in [1.82, 2.24) is 25.4 Å². The van der Waals surface area contributed by atoms with E-state index in [2.05, 4.69) is 27.4 Å². The van der Waals surface area contributed by atoms with Crippen LogP contribution in [0.1, 0.15) is 40.3 Å². The number of amides is 2. The maximum absolute atomic E-state index is 12.6. The lowest BCUT2D eigenvalue weighted by Crippen LogP contribution is -2.29. The molecule has 0 radical (unpaired) electrons. The van der Waals surface area contributed by atoms with Crippen molar-refractivity contribution in [2.24, 2.45) is 0 Å². The zero-order chi connectivity index (χ0) is 23.6. The lowest BCUT2D eigenvalue weighted by molar-refractivity contribution is -0.118. The number of aryl methyl sites for hydroxylation is 1. The van der Waals surface area contributed by atoms with Crippen LogP contribution in [0.25, 0.3) is 0 Å². The van der Waals surface area contributed by atoms with E-state index in [1.165, 1.54) is 17.3 Å². The molecule has 0 spiro atoms. The van der Waals surface area contributed by atoms with E-state index in [4.69, 9.17) is 0 Å². The minimum Gasteiger partial charge on any atom is -0.355 e. The molecule has 0 saturated carbocycles. The first-order chi connectivity index (χ1) is 16.0. The topological polar surface area (TPSA) is 88.9 Å². The molecule has 3 rings (SSSR count). The average molecular weight is 464 g/mol. The van der Waals surface area contributed by atoms with Crippen LogP contribution < -0.4 is 10.6 Å². The Hall–Kier alpha value is -3.39. The van der Waals surface area contributed by atoms with Crippen LogP contribution in [0.2, 0.25) is 0 Å². The van der Waals surface area contributed by atoms with Gasteiger partial charge in [0, 0.05) is 18.7 Å². The Morgan fingerprint density at radius 2 is 1.94 bits per heavy atom. The molecule has 2 amide bonds. The number of nitrogens with one attached hydrogen (secondary N) is 2. The van der Waals surface area contributed by atoms with Gasteiger partial charge in [0.15, 0.2) is 11.0 Å². The highest BCUT2D eigenvalue weighted by Gasteiger charge is 2.20. The van der Waals surface area contributed by atoms with Crippen molar-refractivity contribution in [3.05, 3.63) is 89.8 Å². The number of thioether (sulfide) groups is 1. The Bertz CT molecular complexity index is 1100. The highest BCUT2D eigenvalue weighted by molar-refractivity contribution is 7.99. The van der Waals surface area contributed by atoms with Crippen molar-refractivity contribution < 1.29 is 9.59 Å². The largest absolute Gasteiger partial charge is 0.355 e. The molecule has 2 aromatic carbocycles. The molecule has 3 aromatic rings. The van der Waals surface area contributed by atoms with Gasteiger partial charge in [-0.15, -0.1) is 16.8 Å². The van der Waals surface area contributed by atoms with Crippen molar-refractivity contribution in [3.8, 4) is 0 Å². The first-order valence-electron chi connectivity index (χ1n) is 10.8. The fourth-order valence-electron chi connectivity index (χ4n) is 3.33. The van der Waals surface area contributed by atoms with Crippen molar-refractivity contribution in [2.45, 2.75) is 38.0 Å². The van der Waals surface area contributed by atoms with Gasteiger partial charge in [-0.05, 0) is 38.0 Å². The Kier molecular flexibility index (Phi) is 8.83. The molecule has 0 unspecified atom stereocenters. The maximum Gasteiger partial charge on any atom is 0.251 e. The summed E-state index contributed by atoms with van der Waals surface area (Å²) in [6.07, 6.45) is 2.53. The van der Waals surface area contributed by atoms with E-state index in [1.807, 2.05) is 66.9 Å². The minimum atomic E-state index is -0.362. The standard InChI is InChI=1S/C25H29N5O2S/c1-4-15-30-23(19(3)27-24(32)21-12-8-9-18(2)16-21)28-29-25(30)33-17-22(31)26-14-13-20-10-6-5-7-11-20/h4-12,16,19H,1,13-15,17H2,2-3H3,(H,26,31)(H,27,32)/t19-/m1/s1. The minimum absolute atomic E-state index is 0.0635. The molecule has 33 heavy (non-hydrogen) atoms. The van der Waals surface area contributed by atoms with E-state index in [0.717, 1.165) is 12.0 Å². The molecule has 172 valence electrons. The predicted molar refractivity (Wildman–Crippen MR) is 131 cm³/mol. The second-order valence-corrected chi connectivity index (χ2v) is 8.62. The highest BCUT2D eigenvalue weighted by Crippen LogP contribution is 2.21. The SMILES string of the molecule is C=CCn1c(SCC(=O)NCCc2ccccc2)nnc1[C@@H](C)NC(=O)c1cccc(C)c1. The smallest absolute Gasteiger partial charge is 0.251 e. The van der Waals surface area contributed by atoms with Crippen LogP contribution in [0.5, 0.6) is 0 Å². The second kappa shape index (κ2) is 12.0. The van der Waals surface area contributed by atoms with Crippen LogP contribution in [-0.4, -0.2) is 38.9 Å². The van der Waals surface area contributed by atoms with Gasteiger partial charge in [0.1, 0.15) is 0 Å². The van der Waals surface area contributed by atoms with Gasteiger partial charge in [0.2, 0.25) is 5.91 Å². The van der Waals surface area contributed by atoms with Gasteiger partial charge in [-0.25, -0.2) is 0 Å². The normalized spacial score (nSPS) is 11.6. The Labute approximate surface area is 198 Å². The molecule has 0 fully saturated rings. The third-order valence-electron chi connectivity index (χ3n) is 4.98. The molecule has 1 heterocycles. The molecule has 0 bridgehead atoms. The third-order valence-corrected chi connectivity index (χ3v) is 5.95. The van der Waals surface area contributed by atoms with Crippen molar-refractivity contribution in [2.75, 3.05) is 12.3 Å². The van der Waals surface area contributed by atoms with Crippen LogP contribution in [0, 0.1) is 6.92 Å². The Morgan fingerprint density at radius 3 is 2.67 bits per heavy atom. The lowest BCUT2D eigenvalue weighted by Gasteiger charge is -2.15. The predicted octanol–water partition coefficient (Wildman–Crippen LogP) is 3.71. The first-order valence-corrected chi connectivity index (χ1v) is 11.8. The van der Waals surface area contributed by atoms with Crippen LogP contribution in [-0.2, 0) is 17.8 Å². The summed E-state index contributed by atoms with van der Waals surface area (Å²) in [6.45, 7) is 8.67. The molecule has 0 saturated heterocycles. The number of nitrogens with zero attached hydrogens (tertiary/aromatic N) is 3. The summed E-state index contributed by atoms with van der Waals surface area (Å²) in [6, 6.07) is 17.1.